The van der Waals surface area contributed by atoms with Crippen LogP contribution < -0.4 is 5.73 Å². The summed E-state index contributed by atoms with van der Waals surface area (Å²) in [6, 6.07) is 0. The van der Waals surface area contributed by atoms with Gasteiger partial charge in [0, 0.05) is 0 Å². The zero-order valence-corrected chi connectivity index (χ0v) is 8.88. The quantitative estimate of drug-likeness (QED) is 0.259. The Balaban J connectivity index is 4.61. The molecule has 0 aromatic heterocycles. The van der Waals surface area contributed by atoms with Crippen LogP contribution in [-0.2, 0) is 9.13 Å². The average Bonchev–Trinajstić information content (AvgIpc) is 1.78. The van der Waals surface area contributed by atoms with Crippen LogP contribution in [0.1, 0.15) is 12.8 Å². The molecule has 86 valence electrons. The first-order chi connectivity index (χ1) is 6.05. The van der Waals surface area contributed by atoms with Crippen molar-refractivity contribution in [2.75, 3.05) is 0 Å². The van der Waals surface area contributed by atoms with Crippen LogP contribution in [0.2, 0.25) is 0 Å². The van der Waals surface area contributed by atoms with Crippen molar-refractivity contribution in [1.82, 2.24) is 0 Å². The van der Waals surface area contributed by atoms with E-state index in [-0.39, 0.29) is 6.42 Å². The predicted molar refractivity (Wildman–Crippen MR) is 47.3 cm³/mol. The van der Waals surface area contributed by atoms with Crippen molar-refractivity contribution in [2.24, 2.45) is 5.73 Å². The highest BCUT2D eigenvalue weighted by atomic mass is 31.2. The molecule has 0 aliphatic carbocycles. The van der Waals surface area contributed by atoms with Gasteiger partial charge in [0.2, 0.25) is 0 Å². The van der Waals surface area contributed by atoms with Gasteiger partial charge in [0.05, 0.1) is 0 Å². The Morgan fingerprint density at radius 3 is 1.57 bits per heavy atom. The van der Waals surface area contributed by atoms with E-state index in [1.54, 1.807) is 0 Å². The van der Waals surface area contributed by atoms with Crippen LogP contribution in [0.3, 0.4) is 0 Å². The Bertz CT molecular complexity index is 245. The molecule has 7 N–H and O–H groups in total. The van der Waals surface area contributed by atoms with Gasteiger partial charge in [0.15, 0.2) is 5.40 Å². The Kier molecular flexibility index (Phi) is 4.90. The number of hydrogen-bond acceptors (Lipinski definition) is 4. The van der Waals surface area contributed by atoms with Crippen LogP contribution in [0.5, 0.6) is 0 Å². The first kappa shape index (κ1) is 14.2. The van der Waals surface area contributed by atoms with Gasteiger partial charge in [-0.1, -0.05) is 0 Å². The fraction of sp³-hybridized carbons (Fsp3) is 1.00. The molecular formula is C4H13NO7P2. The fourth-order valence-electron chi connectivity index (χ4n) is 0.852. The summed E-state index contributed by atoms with van der Waals surface area (Å²) in [7, 11) is -9.77. The highest BCUT2D eigenvalue weighted by Gasteiger charge is 2.42. The lowest BCUT2D eigenvalue weighted by molar-refractivity contribution is 0.169. The molecule has 0 saturated heterocycles. The van der Waals surface area contributed by atoms with Gasteiger partial charge in [-0.3, -0.25) is 9.13 Å². The topological polar surface area (TPSA) is 161 Å². The van der Waals surface area contributed by atoms with Crippen LogP contribution in [-0.4, -0.2) is 36.3 Å². The standard InChI is InChI=1S/C4H13NO7P2/c5-3(6)1-2-4(13(7,8)9)14(10,11)12/h3-4,6H,1-2,5H2,(H2,7,8,9)(H2,10,11,12). The summed E-state index contributed by atoms with van der Waals surface area (Å²) in [5.74, 6) is 0. The minimum atomic E-state index is -4.88. The van der Waals surface area contributed by atoms with Crippen molar-refractivity contribution >= 4 is 15.2 Å². The summed E-state index contributed by atoms with van der Waals surface area (Å²) < 4.78 is 21.3. The van der Waals surface area contributed by atoms with E-state index in [0.29, 0.717) is 0 Å². The molecule has 1 unspecified atom stereocenters. The predicted octanol–water partition coefficient (Wildman–Crippen LogP) is -1.27. The van der Waals surface area contributed by atoms with Gasteiger partial charge < -0.3 is 30.4 Å². The molecule has 0 amide bonds. The van der Waals surface area contributed by atoms with Crippen LogP contribution in [0.25, 0.3) is 0 Å². The molecule has 0 radical (unpaired) electrons. The summed E-state index contributed by atoms with van der Waals surface area (Å²) in [5, 5.41) is 6.51. The van der Waals surface area contributed by atoms with Crippen molar-refractivity contribution in [3.05, 3.63) is 0 Å². The average molecular weight is 249 g/mol. The Morgan fingerprint density at radius 1 is 1.00 bits per heavy atom. The minimum Gasteiger partial charge on any atom is -0.379 e. The lowest BCUT2D eigenvalue weighted by Crippen LogP contribution is -2.21. The number of hydrogen-bond donors (Lipinski definition) is 6. The van der Waals surface area contributed by atoms with E-state index in [4.69, 9.17) is 30.4 Å². The minimum absolute atomic E-state index is 0.291. The van der Waals surface area contributed by atoms with Crippen molar-refractivity contribution in [1.29, 1.82) is 0 Å². The number of nitrogens with two attached hydrogens (primary N) is 1. The van der Waals surface area contributed by atoms with Gasteiger partial charge in [0.25, 0.3) is 0 Å². The molecule has 0 aromatic rings. The maximum Gasteiger partial charge on any atom is 0.340 e. The SMILES string of the molecule is NC(O)CCC(P(=O)(O)O)P(=O)(O)O. The molecule has 0 aromatic carbocycles. The van der Waals surface area contributed by atoms with Crippen molar-refractivity contribution in [3.63, 3.8) is 0 Å². The fourth-order valence-corrected chi connectivity index (χ4v) is 3.39. The Morgan fingerprint density at radius 2 is 1.36 bits per heavy atom. The Hall–Kier alpha value is 0.220. The van der Waals surface area contributed by atoms with E-state index in [1.807, 2.05) is 0 Å². The van der Waals surface area contributed by atoms with Crippen LogP contribution in [0, 0.1) is 0 Å². The molecule has 0 aliphatic heterocycles. The number of rotatable bonds is 5. The third-order valence-electron chi connectivity index (χ3n) is 1.50. The van der Waals surface area contributed by atoms with E-state index >= 15 is 0 Å². The maximum atomic E-state index is 10.7. The van der Waals surface area contributed by atoms with Crippen LogP contribution >= 0.6 is 15.2 Å². The second kappa shape index (κ2) is 4.83. The molecule has 0 rings (SSSR count). The van der Waals surface area contributed by atoms with E-state index in [0.717, 1.165) is 0 Å². The van der Waals surface area contributed by atoms with Gasteiger partial charge in [-0.15, -0.1) is 0 Å². The molecular weight excluding hydrogens is 236 g/mol. The van der Waals surface area contributed by atoms with Crippen LogP contribution in [0.4, 0.5) is 0 Å². The molecule has 0 fully saturated rings. The molecule has 0 heterocycles. The third-order valence-corrected chi connectivity index (χ3v) is 5.37. The molecule has 10 heteroatoms. The normalized spacial score (nSPS) is 15.9. The van der Waals surface area contributed by atoms with Gasteiger partial charge in [-0.05, 0) is 12.8 Å². The number of aliphatic hydroxyl groups is 1. The van der Waals surface area contributed by atoms with E-state index in [1.165, 1.54) is 0 Å². The molecule has 0 bridgehead atoms. The first-order valence-electron chi connectivity index (χ1n) is 3.59. The summed E-state index contributed by atoms with van der Waals surface area (Å²) in [6.07, 6.45) is -2.18. The van der Waals surface area contributed by atoms with Gasteiger partial charge in [-0.2, -0.15) is 0 Å². The summed E-state index contributed by atoms with van der Waals surface area (Å²) in [6.45, 7) is 0. The Labute approximate surface area is 80.1 Å². The van der Waals surface area contributed by atoms with E-state index < -0.39 is 33.2 Å². The molecule has 1 atom stereocenters. The first-order valence-corrected chi connectivity index (χ1v) is 6.95. The monoisotopic (exact) mass is 249 g/mol. The molecule has 8 nitrogen and oxygen atoms in total. The van der Waals surface area contributed by atoms with E-state index in [2.05, 4.69) is 0 Å². The smallest absolute Gasteiger partial charge is 0.340 e. The van der Waals surface area contributed by atoms with Gasteiger partial charge in [0.1, 0.15) is 6.23 Å². The third kappa shape index (κ3) is 5.19. The molecule has 0 spiro atoms. The lowest BCUT2D eigenvalue weighted by atomic mass is 10.3. The lowest BCUT2D eigenvalue weighted by Gasteiger charge is -2.19. The molecule has 0 aliphatic rings. The van der Waals surface area contributed by atoms with Gasteiger partial charge >= 0.3 is 15.2 Å². The molecule has 0 saturated carbocycles. The zero-order valence-electron chi connectivity index (χ0n) is 7.09. The molecule has 14 heavy (non-hydrogen) atoms. The van der Waals surface area contributed by atoms with Crippen molar-refractivity contribution < 1.29 is 33.8 Å². The highest BCUT2D eigenvalue weighted by Crippen LogP contribution is 2.61. The number of aliphatic hydroxyl groups excluding tert-OH is 1. The second-order valence-corrected chi connectivity index (χ2v) is 6.81. The van der Waals surface area contributed by atoms with Gasteiger partial charge in [-0.25, -0.2) is 0 Å². The highest BCUT2D eigenvalue weighted by molar-refractivity contribution is 7.70. The largest absolute Gasteiger partial charge is 0.379 e. The maximum absolute atomic E-state index is 10.7. The van der Waals surface area contributed by atoms with E-state index in [9.17, 15) is 9.13 Å². The second-order valence-electron chi connectivity index (χ2n) is 2.80. The zero-order chi connectivity index (χ0) is 11.6. The summed E-state index contributed by atoms with van der Waals surface area (Å²) in [5.41, 5.74) is 4.88. The van der Waals surface area contributed by atoms with Crippen molar-refractivity contribution in [2.45, 2.75) is 24.5 Å². The van der Waals surface area contributed by atoms with Crippen LogP contribution in [0.15, 0.2) is 0 Å². The summed E-state index contributed by atoms with van der Waals surface area (Å²) >= 11 is 0. The summed E-state index contributed by atoms with van der Waals surface area (Å²) in [4.78, 5) is 34.5. The van der Waals surface area contributed by atoms with Crippen molar-refractivity contribution in [3.8, 4) is 0 Å².